The van der Waals surface area contributed by atoms with E-state index in [4.69, 9.17) is 10.5 Å². The molecule has 2 N–H and O–H groups in total. The molecular weight excluding hydrogens is 348 g/mol. The van der Waals surface area contributed by atoms with Crippen LogP contribution in [0.15, 0.2) is 36.4 Å². The standard InChI is InChI=1S/C21H26N2O2.ClH/c1-14-4-5-16(3)20(12-14)25-18-8-10-23(11-9-18)21(24)19-13-17(22)7-6-15(19)2;/h4-7,12-13,18H,8-11,22H2,1-3H3;1H. The summed E-state index contributed by atoms with van der Waals surface area (Å²) in [5.74, 6) is 1.02. The molecule has 140 valence electrons. The van der Waals surface area contributed by atoms with Crippen molar-refractivity contribution in [2.24, 2.45) is 0 Å². The SMILES string of the molecule is Cc1ccc(C)c(OC2CCN(C(=O)c3cc(N)ccc3C)CC2)c1.Cl. The molecule has 0 aromatic heterocycles. The summed E-state index contributed by atoms with van der Waals surface area (Å²) in [6, 6.07) is 11.8. The molecule has 1 heterocycles. The van der Waals surface area contributed by atoms with Gasteiger partial charge in [-0.05, 0) is 55.7 Å². The van der Waals surface area contributed by atoms with Crippen molar-refractivity contribution < 1.29 is 9.53 Å². The van der Waals surface area contributed by atoms with Gasteiger partial charge in [-0.25, -0.2) is 0 Å². The van der Waals surface area contributed by atoms with Crippen molar-refractivity contribution in [2.45, 2.75) is 39.7 Å². The highest BCUT2D eigenvalue weighted by Crippen LogP contribution is 2.25. The third kappa shape index (κ3) is 4.50. The lowest BCUT2D eigenvalue weighted by molar-refractivity contribution is 0.0593. The first-order valence-corrected chi connectivity index (χ1v) is 8.83. The van der Waals surface area contributed by atoms with Crippen molar-refractivity contribution in [3.63, 3.8) is 0 Å². The Bertz CT molecular complexity index is 784. The summed E-state index contributed by atoms with van der Waals surface area (Å²) < 4.78 is 6.19. The van der Waals surface area contributed by atoms with E-state index in [2.05, 4.69) is 32.0 Å². The summed E-state index contributed by atoms with van der Waals surface area (Å²) in [5.41, 5.74) is 10.5. The van der Waals surface area contributed by atoms with Crippen LogP contribution in [0, 0.1) is 20.8 Å². The highest BCUT2D eigenvalue weighted by atomic mass is 35.5. The largest absolute Gasteiger partial charge is 0.490 e. The Labute approximate surface area is 161 Å². The van der Waals surface area contributed by atoms with Crippen molar-refractivity contribution in [1.82, 2.24) is 4.90 Å². The summed E-state index contributed by atoms with van der Waals surface area (Å²) in [4.78, 5) is 14.7. The van der Waals surface area contributed by atoms with Gasteiger partial charge in [0.25, 0.3) is 5.91 Å². The first-order valence-electron chi connectivity index (χ1n) is 8.83. The first-order chi connectivity index (χ1) is 11.9. The monoisotopic (exact) mass is 374 g/mol. The third-order valence-corrected chi connectivity index (χ3v) is 4.86. The second-order valence-electron chi connectivity index (χ2n) is 6.95. The van der Waals surface area contributed by atoms with Gasteiger partial charge in [0.1, 0.15) is 11.9 Å². The Morgan fingerprint density at radius 2 is 1.69 bits per heavy atom. The average Bonchev–Trinajstić information content (AvgIpc) is 2.60. The van der Waals surface area contributed by atoms with E-state index in [1.54, 1.807) is 6.07 Å². The predicted molar refractivity (Wildman–Crippen MR) is 108 cm³/mol. The van der Waals surface area contributed by atoms with Crippen molar-refractivity contribution in [3.8, 4) is 5.75 Å². The number of hydrogen-bond acceptors (Lipinski definition) is 3. The number of hydrogen-bond donors (Lipinski definition) is 1. The molecule has 1 saturated heterocycles. The number of likely N-dealkylation sites (tertiary alicyclic amines) is 1. The third-order valence-electron chi connectivity index (χ3n) is 4.86. The van der Waals surface area contributed by atoms with E-state index in [1.165, 1.54) is 5.56 Å². The lowest BCUT2D eigenvalue weighted by atomic mass is 10.0. The zero-order valence-corrected chi connectivity index (χ0v) is 16.4. The van der Waals surface area contributed by atoms with Crippen LogP contribution < -0.4 is 10.5 Å². The van der Waals surface area contributed by atoms with E-state index in [0.717, 1.165) is 29.7 Å². The molecule has 1 amide bonds. The molecule has 0 atom stereocenters. The van der Waals surface area contributed by atoms with Crippen LogP contribution in [-0.2, 0) is 0 Å². The van der Waals surface area contributed by atoms with E-state index in [-0.39, 0.29) is 24.4 Å². The van der Waals surface area contributed by atoms with Crippen LogP contribution in [0.5, 0.6) is 5.75 Å². The van der Waals surface area contributed by atoms with Gasteiger partial charge >= 0.3 is 0 Å². The van der Waals surface area contributed by atoms with Crippen LogP contribution in [-0.4, -0.2) is 30.0 Å². The number of nitrogen functional groups attached to an aromatic ring is 1. The Kier molecular flexibility index (Phi) is 6.54. The van der Waals surface area contributed by atoms with Crippen LogP contribution in [0.4, 0.5) is 5.69 Å². The van der Waals surface area contributed by atoms with Gasteiger partial charge in [0, 0.05) is 37.2 Å². The minimum atomic E-state index is 0. The molecule has 1 fully saturated rings. The number of piperidine rings is 1. The molecule has 0 aliphatic carbocycles. The molecule has 5 heteroatoms. The van der Waals surface area contributed by atoms with Gasteiger partial charge in [-0.15, -0.1) is 12.4 Å². The maximum Gasteiger partial charge on any atom is 0.254 e. The molecule has 0 unspecified atom stereocenters. The fourth-order valence-corrected chi connectivity index (χ4v) is 3.23. The molecule has 2 aromatic rings. The van der Waals surface area contributed by atoms with Crippen LogP contribution >= 0.6 is 12.4 Å². The average molecular weight is 375 g/mol. The highest BCUT2D eigenvalue weighted by Gasteiger charge is 2.25. The van der Waals surface area contributed by atoms with Crippen LogP contribution in [0.1, 0.15) is 39.9 Å². The summed E-state index contributed by atoms with van der Waals surface area (Å²) in [6.45, 7) is 7.51. The van der Waals surface area contributed by atoms with Gasteiger partial charge in [-0.1, -0.05) is 18.2 Å². The van der Waals surface area contributed by atoms with Gasteiger partial charge in [-0.3, -0.25) is 4.79 Å². The molecule has 26 heavy (non-hydrogen) atoms. The second kappa shape index (κ2) is 8.45. The molecule has 0 bridgehead atoms. The number of carbonyl (C=O) groups is 1. The number of nitrogens with two attached hydrogens (primary N) is 1. The van der Waals surface area contributed by atoms with Crippen LogP contribution in [0.25, 0.3) is 0 Å². The van der Waals surface area contributed by atoms with E-state index >= 15 is 0 Å². The molecule has 0 radical (unpaired) electrons. The summed E-state index contributed by atoms with van der Waals surface area (Å²) in [7, 11) is 0. The number of carbonyl (C=O) groups excluding carboxylic acids is 1. The quantitative estimate of drug-likeness (QED) is 0.815. The van der Waals surface area contributed by atoms with Gasteiger partial charge in [-0.2, -0.15) is 0 Å². The number of anilines is 1. The van der Waals surface area contributed by atoms with Crippen molar-refractivity contribution in [3.05, 3.63) is 58.7 Å². The second-order valence-corrected chi connectivity index (χ2v) is 6.95. The van der Waals surface area contributed by atoms with Gasteiger partial charge in [0.2, 0.25) is 0 Å². The Balaban J connectivity index is 0.00000243. The molecule has 4 nitrogen and oxygen atoms in total. The van der Waals surface area contributed by atoms with Crippen molar-refractivity contribution >= 4 is 24.0 Å². The molecule has 3 rings (SSSR count). The Morgan fingerprint density at radius 1 is 1.04 bits per heavy atom. The minimum absolute atomic E-state index is 0. The number of ether oxygens (including phenoxy) is 1. The van der Waals surface area contributed by atoms with E-state index in [9.17, 15) is 4.79 Å². The number of nitrogens with zero attached hydrogens (tertiary/aromatic N) is 1. The highest BCUT2D eigenvalue weighted by molar-refractivity contribution is 5.96. The Hall–Kier alpha value is -2.20. The topological polar surface area (TPSA) is 55.6 Å². The van der Waals surface area contributed by atoms with Crippen molar-refractivity contribution in [1.29, 1.82) is 0 Å². The van der Waals surface area contributed by atoms with Crippen LogP contribution in [0.3, 0.4) is 0 Å². The lowest BCUT2D eigenvalue weighted by Crippen LogP contribution is -2.42. The smallest absolute Gasteiger partial charge is 0.254 e. The summed E-state index contributed by atoms with van der Waals surface area (Å²) in [5, 5.41) is 0. The maximum absolute atomic E-state index is 12.8. The minimum Gasteiger partial charge on any atom is -0.490 e. The number of rotatable bonds is 3. The summed E-state index contributed by atoms with van der Waals surface area (Å²) in [6.07, 6.45) is 1.85. The van der Waals surface area contributed by atoms with Gasteiger partial charge < -0.3 is 15.4 Å². The van der Waals surface area contributed by atoms with E-state index < -0.39 is 0 Å². The molecule has 0 saturated carbocycles. The van der Waals surface area contributed by atoms with E-state index in [0.29, 0.717) is 24.3 Å². The molecule has 1 aliphatic heterocycles. The zero-order chi connectivity index (χ0) is 18.0. The maximum atomic E-state index is 12.8. The molecule has 1 aliphatic rings. The number of benzene rings is 2. The predicted octanol–water partition coefficient (Wildman–Crippen LogP) is 4.30. The van der Waals surface area contributed by atoms with Crippen LogP contribution in [0.2, 0.25) is 0 Å². The zero-order valence-electron chi connectivity index (χ0n) is 15.6. The normalized spacial score (nSPS) is 14.7. The first kappa shape index (κ1) is 20.1. The molecule has 0 spiro atoms. The fourth-order valence-electron chi connectivity index (χ4n) is 3.23. The number of aryl methyl sites for hydroxylation is 3. The van der Waals surface area contributed by atoms with Gasteiger partial charge in [0.15, 0.2) is 0 Å². The summed E-state index contributed by atoms with van der Waals surface area (Å²) >= 11 is 0. The van der Waals surface area contributed by atoms with Gasteiger partial charge in [0.05, 0.1) is 0 Å². The van der Waals surface area contributed by atoms with Crippen molar-refractivity contribution in [2.75, 3.05) is 18.8 Å². The lowest BCUT2D eigenvalue weighted by Gasteiger charge is -2.33. The van der Waals surface area contributed by atoms with E-state index in [1.807, 2.05) is 24.0 Å². The Morgan fingerprint density at radius 3 is 2.38 bits per heavy atom. The number of amides is 1. The molecular formula is C21H27ClN2O2. The molecule has 2 aromatic carbocycles. The fraction of sp³-hybridized carbons (Fsp3) is 0.381. The number of halogens is 1.